The van der Waals surface area contributed by atoms with E-state index in [4.69, 9.17) is 16.3 Å². The highest BCUT2D eigenvalue weighted by Crippen LogP contribution is 2.29. The minimum atomic E-state index is -0.523. The molecule has 7 nitrogen and oxygen atoms in total. The molecule has 1 aromatic rings. The maximum Gasteiger partial charge on any atom is 0.410 e. The first-order chi connectivity index (χ1) is 11.6. The minimum absolute atomic E-state index is 0.0129. The van der Waals surface area contributed by atoms with E-state index >= 15 is 0 Å². The van der Waals surface area contributed by atoms with E-state index in [2.05, 4.69) is 4.90 Å². The Morgan fingerprint density at radius 1 is 1.40 bits per heavy atom. The van der Waals surface area contributed by atoms with Crippen molar-refractivity contribution in [2.45, 2.75) is 45.9 Å². The molecule has 138 valence electrons. The van der Waals surface area contributed by atoms with Crippen molar-refractivity contribution in [3.8, 4) is 0 Å². The van der Waals surface area contributed by atoms with E-state index in [0.29, 0.717) is 31.7 Å². The predicted molar refractivity (Wildman–Crippen MR) is 95.8 cm³/mol. The third kappa shape index (κ3) is 5.06. The lowest BCUT2D eigenvalue weighted by Crippen LogP contribution is -2.54. The molecule has 0 saturated carbocycles. The van der Waals surface area contributed by atoms with E-state index in [9.17, 15) is 14.9 Å². The first-order valence-electron chi connectivity index (χ1n) is 8.22. The molecule has 1 aliphatic rings. The van der Waals surface area contributed by atoms with Gasteiger partial charge in [0.05, 0.1) is 4.92 Å². The highest BCUT2D eigenvalue weighted by molar-refractivity contribution is 6.33. The number of hydrogen-bond donors (Lipinski definition) is 0. The molecule has 1 aliphatic heterocycles. The second-order valence-corrected chi connectivity index (χ2v) is 7.64. The number of amides is 1. The van der Waals surface area contributed by atoms with Gasteiger partial charge in [0.2, 0.25) is 0 Å². The van der Waals surface area contributed by atoms with Gasteiger partial charge in [-0.3, -0.25) is 15.0 Å². The van der Waals surface area contributed by atoms with E-state index in [1.807, 2.05) is 27.7 Å². The van der Waals surface area contributed by atoms with E-state index in [0.717, 1.165) is 0 Å². The van der Waals surface area contributed by atoms with Crippen molar-refractivity contribution < 1.29 is 14.5 Å². The molecule has 0 aromatic heterocycles. The van der Waals surface area contributed by atoms with E-state index < -0.39 is 10.5 Å². The molecule has 1 heterocycles. The predicted octanol–water partition coefficient (Wildman–Crippen LogP) is 3.69. The zero-order valence-electron chi connectivity index (χ0n) is 15.0. The lowest BCUT2D eigenvalue weighted by atomic mass is 10.1. The van der Waals surface area contributed by atoms with Crippen LogP contribution in [0.2, 0.25) is 5.02 Å². The van der Waals surface area contributed by atoms with Gasteiger partial charge in [-0.25, -0.2) is 4.79 Å². The number of ether oxygens (including phenoxy) is 1. The van der Waals surface area contributed by atoms with Crippen molar-refractivity contribution in [3.63, 3.8) is 0 Å². The fourth-order valence-electron chi connectivity index (χ4n) is 2.84. The number of nitrogens with zero attached hydrogens (tertiary/aromatic N) is 3. The average Bonchev–Trinajstić information content (AvgIpc) is 2.47. The summed E-state index contributed by atoms with van der Waals surface area (Å²) in [5.41, 5.74) is 0.109. The highest BCUT2D eigenvalue weighted by Gasteiger charge is 2.31. The normalized spacial score (nSPS) is 18.9. The molecule has 8 heteroatoms. The van der Waals surface area contributed by atoms with Crippen LogP contribution in [-0.4, -0.2) is 52.1 Å². The highest BCUT2D eigenvalue weighted by atomic mass is 35.5. The van der Waals surface area contributed by atoms with Gasteiger partial charge < -0.3 is 9.64 Å². The number of rotatable bonds is 3. The Hall–Kier alpha value is -1.86. The Labute approximate surface area is 152 Å². The van der Waals surface area contributed by atoms with Gasteiger partial charge in [-0.2, -0.15) is 0 Å². The van der Waals surface area contributed by atoms with E-state index in [1.165, 1.54) is 6.07 Å². The molecular weight excluding hydrogens is 346 g/mol. The molecule has 25 heavy (non-hydrogen) atoms. The number of nitro groups is 1. The molecular formula is C17H24ClN3O4. The lowest BCUT2D eigenvalue weighted by Gasteiger charge is -2.40. The topological polar surface area (TPSA) is 75.9 Å². The molecule has 0 N–H and O–H groups in total. The van der Waals surface area contributed by atoms with Crippen LogP contribution in [0.3, 0.4) is 0 Å². The van der Waals surface area contributed by atoms with E-state index in [-0.39, 0.29) is 22.8 Å². The Morgan fingerprint density at radius 3 is 2.64 bits per heavy atom. The number of piperazine rings is 1. The number of nitro benzene ring substituents is 1. The SMILES string of the molecule is CC1CN(Cc2cccc([N+](=O)[O-])c2Cl)CCN1C(=O)OC(C)(C)C. The maximum absolute atomic E-state index is 12.3. The second-order valence-electron chi connectivity index (χ2n) is 7.27. The fraction of sp³-hybridized carbons (Fsp3) is 0.588. The van der Waals surface area contributed by atoms with Crippen LogP contribution >= 0.6 is 11.6 Å². The Balaban J connectivity index is 2.01. The number of benzene rings is 1. The number of carbonyl (C=O) groups is 1. The standard InChI is InChI=1S/C17H24ClN3O4/c1-12-10-19(8-9-20(12)16(22)25-17(2,3)4)11-13-6-5-7-14(15(13)18)21(23)24/h5-7,12H,8-11H2,1-4H3. The van der Waals surface area contributed by atoms with Crippen molar-refractivity contribution in [1.82, 2.24) is 9.80 Å². The van der Waals surface area contributed by atoms with Gasteiger partial charge >= 0.3 is 6.09 Å². The van der Waals surface area contributed by atoms with Gasteiger partial charge in [-0.15, -0.1) is 0 Å². The lowest BCUT2D eigenvalue weighted by molar-refractivity contribution is -0.384. The van der Waals surface area contributed by atoms with Crippen LogP contribution in [0.1, 0.15) is 33.3 Å². The van der Waals surface area contributed by atoms with Gasteiger partial charge in [0, 0.05) is 38.3 Å². The maximum atomic E-state index is 12.3. The zero-order chi connectivity index (χ0) is 18.8. The Kier molecular flexibility index (Phi) is 5.90. The molecule has 1 fully saturated rings. The molecule has 1 unspecified atom stereocenters. The van der Waals surface area contributed by atoms with Crippen LogP contribution < -0.4 is 0 Å². The first-order valence-corrected chi connectivity index (χ1v) is 8.60. The Morgan fingerprint density at radius 2 is 2.08 bits per heavy atom. The molecule has 1 saturated heterocycles. The number of carbonyl (C=O) groups excluding carboxylic acids is 1. The fourth-order valence-corrected chi connectivity index (χ4v) is 3.09. The van der Waals surface area contributed by atoms with Crippen molar-refractivity contribution in [2.75, 3.05) is 19.6 Å². The van der Waals surface area contributed by atoms with Gasteiger partial charge in [0.15, 0.2) is 0 Å². The summed E-state index contributed by atoms with van der Waals surface area (Å²) in [6, 6.07) is 4.82. The summed E-state index contributed by atoms with van der Waals surface area (Å²) in [7, 11) is 0. The van der Waals surface area contributed by atoms with Crippen LogP contribution in [0.15, 0.2) is 18.2 Å². The van der Waals surface area contributed by atoms with Crippen LogP contribution in [0.4, 0.5) is 10.5 Å². The molecule has 1 amide bonds. The summed E-state index contributed by atoms with van der Waals surface area (Å²) < 4.78 is 5.43. The van der Waals surface area contributed by atoms with Gasteiger partial charge in [0.1, 0.15) is 10.6 Å². The molecule has 2 rings (SSSR count). The van der Waals surface area contributed by atoms with Gasteiger partial charge in [0.25, 0.3) is 5.69 Å². The largest absolute Gasteiger partial charge is 0.444 e. The summed E-state index contributed by atoms with van der Waals surface area (Å²) >= 11 is 6.16. The van der Waals surface area contributed by atoms with E-state index in [1.54, 1.807) is 17.0 Å². The second kappa shape index (κ2) is 7.58. The van der Waals surface area contributed by atoms with Gasteiger partial charge in [-0.05, 0) is 33.3 Å². The quantitative estimate of drug-likeness (QED) is 0.600. The summed E-state index contributed by atoms with van der Waals surface area (Å²) in [6.45, 7) is 9.85. The molecule has 1 aromatic carbocycles. The smallest absolute Gasteiger partial charge is 0.410 e. The summed E-state index contributed by atoms with van der Waals surface area (Å²) in [4.78, 5) is 26.6. The van der Waals surface area contributed by atoms with Crippen LogP contribution in [-0.2, 0) is 11.3 Å². The molecule has 0 spiro atoms. The van der Waals surface area contributed by atoms with Crippen LogP contribution in [0, 0.1) is 10.1 Å². The first kappa shape index (κ1) is 19.5. The van der Waals surface area contributed by atoms with Crippen molar-refractivity contribution in [1.29, 1.82) is 0 Å². The molecule has 0 bridgehead atoms. The summed E-state index contributed by atoms with van der Waals surface area (Å²) in [5.74, 6) is 0. The summed E-state index contributed by atoms with van der Waals surface area (Å²) in [6.07, 6.45) is -0.312. The van der Waals surface area contributed by atoms with Gasteiger partial charge in [-0.1, -0.05) is 23.7 Å². The summed E-state index contributed by atoms with van der Waals surface area (Å²) in [5, 5.41) is 11.2. The molecule has 0 radical (unpaired) electrons. The van der Waals surface area contributed by atoms with Crippen LogP contribution in [0.5, 0.6) is 0 Å². The van der Waals surface area contributed by atoms with Crippen molar-refractivity contribution in [2.24, 2.45) is 0 Å². The number of halogens is 1. The Bertz CT molecular complexity index is 660. The number of hydrogen-bond acceptors (Lipinski definition) is 5. The van der Waals surface area contributed by atoms with Crippen molar-refractivity contribution in [3.05, 3.63) is 38.9 Å². The van der Waals surface area contributed by atoms with Crippen LogP contribution in [0.25, 0.3) is 0 Å². The zero-order valence-corrected chi connectivity index (χ0v) is 15.7. The minimum Gasteiger partial charge on any atom is -0.444 e. The molecule has 0 aliphatic carbocycles. The third-order valence-corrected chi connectivity index (χ3v) is 4.42. The average molecular weight is 370 g/mol. The monoisotopic (exact) mass is 369 g/mol. The van der Waals surface area contributed by atoms with Crippen molar-refractivity contribution >= 4 is 23.4 Å². The third-order valence-electron chi connectivity index (χ3n) is 3.99. The molecule has 1 atom stereocenters.